The van der Waals surface area contributed by atoms with Gasteiger partial charge in [-0.3, -0.25) is 9.59 Å². The topological polar surface area (TPSA) is 81.0 Å². The summed E-state index contributed by atoms with van der Waals surface area (Å²) in [5, 5.41) is 2.81. The second kappa shape index (κ2) is 6.51. The monoisotopic (exact) mass is 342 g/mol. The third-order valence-electron chi connectivity index (χ3n) is 4.35. The molecule has 1 aromatic carbocycles. The van der Waals surface area contributed by atoms with Crippen LogP contribution in [0.3, 0.4) is 0 Å². The van der Waals surface area contributed by atoms with Crippen LogP contribution in [0.15, 0.2) is 41.0 Å². The predicted molar refractivity (Wildman–Crippen MR) is 88.4 cm³/mol. The molecule has 0 spiro atoms. The maximum atomic E-state index is 12.3. The van der Waals surface area contributed by atoms with E-state index in [4.69, 9.17) is 13.9 Å². The van der Waals surface area contributed by atoms with Crippen LogP contribution in [0.1, 0.15) is 12.2 Å². The number of benzene rings is 1. The van der Waals surface area contributed by atoms with Crippen molar-refractivity contribution >= 4 is 17.5 Å². The number of hydrogen-bond donors (Lipinski definition) is 1. The van der Waals surface area contributed by atoms with Crippen LogP contribution < -0.4 is 19.7 Å². The quantitative estimate of drug-likeness (QED) is 0.915. The largest absolute Gasteiger partial charge is 0.486 e. The number of amides is 2. The first-order chi connectivity index (χ1) is 12.2. The average Bonchev–Trinajstić information content (AvgIpc) is 3.29. The number of anilines is 1. The second-order valence-electron chi connectivity index (χ2n) is 6.03. The summed E-state index contributed by atoms with van der Waals surface area (Å²) >= 11 is 0. The van der Waals surface area contributed by atoms with Gasteiger partial charge >= 0.3 is 0 Å². The van der Waals surface area contributed by atoms with Gasteiger partial charge in [0.1, 0.15) is 19.0 Å². The molecule has 0 saturated carbocycles. The third-order valence-corrected chi connectivity index (χ3v) is 4.35. The van der Waals surface area contributed by atoms with Gasteiger partial charge in [0.05, 0.1) is 18.7 Å². The SMILES string of the molecule is O=C(NCc1ccco1)C1CC(=O)N(c2ccc3c(c2)OCCO3)C1. The second-order valence-corrected chi connectivity index (χ2v) is 6.03. The summed E-state index contributed by atoms with van der Waals surface area (Å²) in [6.07, 6.45) is 1.75. The van der Waals surface area contributed by atoms with Crippen LogP contribution in [0, 0.1) is 5.92 Å². The van der Waals surface area contributed by atoms with Crippen LogP contribution >= 0.6 is 0 Å². The number of nitrogens with zero attached hydrogens (tertiary/aromatic N) is 1. The lowest BCUT2D eigenvalue weighted by atomic mass is 10.1. The molecule has 130 valence electrons. The lowest BCUT2D eigenvalue weighted by molar-refractivity contribution is -0.126. The average molecular weight is 342 g/mol. The fourth-order valence-corrected chi connectivity index (χ4v) is 3.06. The third kappa shape index (κ3) is 3.17. The Balaban J connectivity index is 1.42. The molecule has 2 aliphatic rings. The van der Waals surface area contributed by atoms with E-state index in [-0.39, 0.29) is 24.2 Å². The van der Waals surface area contributed by atoms with Crippen molar-refractivity contribution in [1.29, 1.82) is 0 Å². The Morgan fingerprint density at radius 2 is 2.04 bits per heavy atom. The van der Waals surface area contributed by atoms with E-state index in [1.165, 1.54) is 0 Å². The van der Waals surface area contributed by atoms with Crippen molar-refractivity contribution in [2.24, 2.45) is 5.92 Å². The molecule has 1 aromatic heterocycles. The first-order valence-corrected chi connectivity index (χ1v) is 8.21. The van der Waals surface area contributed by atoms with Crippen LogP contribution in [-0.4, -0.2) is 31.6 Å². The first-order valence-electron chi connectivity index (χ1n) is 8.21. The van der Waals surface area contributed by atoms with E-state index in [0.717, 1.165) is 5.69 Å². The number of rotatable bonds is 4. The highest BCUT2D eigenvalue weighted by Crippen LogP contribution is 2.35. The molecule has 7 nitrogen and oxygen atoms in total. The number of furan rings is 1. The van der Waals surface area contributed by atoms with E-state index in [0.29, 0.717) is 43.6 Å². The smallest absolute Gasteiger partial charge is 0.227 e. The van der Waals surface area contributed by atoms with Gasteiger partial charge in [-0.1, -0.05) is 0 Å². The Hall–Kier alpha value is -2.96. The van der Waals surface area contributed by atoms with Crippen LogP contribution in [0.5, 0.6) is 11.5 Å². The van der Waals surface area contributed by atoms with Crippen molar-refractivity contribution in [2.45, 2.75) is 13.0 Å². The van der Waals surface area contributed by atoms with E-state index in [1.807, 2.05) is 6.07 Å². The zero-order chi connectivity index (χ0) is 17.2. The van der Waals surface area contributed by atoms with Gasteiger partial charge in [-0.05, 0) is 24.3 Å². The molecular formula is C18H18N2O5. The fourth-order valence-electron chi connectivity index (χ4n) is 3.06. The number of ether oxygens (including phenoxy) is 2. The lowest BCUT2D eigenvalue weighted by Crippen LogP contribution is -2.32. The summed E-state index contributed by atoms with van der Waals surface area (Å²) < 4.78 is 16.2. The van der Waals surface area contributed by atoms with Crippen LogP contribution in [0.2, 0.25) is 0 Å². The number of hydrogen-bond acceptors (Lipinski definition) is 5. The van der Waals surface area contributed by atoms with Crippen LogP contribution in [0.4, 0.5) is 5.69 Å². The molecule has 1 N–H and O–H groups in total. The fraction of sp³-hybridized carbons (Fsp3) is 0.333. The minimum absolute atomic E-state index is 0.0742. The molecule has 2 amide bonds. The molecule has 3 heterocycles. The minimum Gasteiger partial charge on any atom is -0.486 e. The van der Waals surface area contributed by atoms with Crippen LogP contribution in [0.25, 0.3) is 0 Å². The van der Waals surface area contributed by atoms with Crippen molar-refractivity contribution < 1.29 is 23.5 Å². The summed E-state index contributed by atoms with van der Waals surface area (Å²) in [6.45, 7) is 1.68. The summed E-state index contributed by atoms with van der Waals surface area (Å²) in [6, 6.07) is 8.96. The highest BCUT2D eigenvalue weighted by atomic mass is 16.6. The molecule has 1 fully saturated rings. The van der Waals surface area contributed by atoms with E-state index >= 15 is 0 Å². The molecule has 1 unspecified atom stereocenters. The molecule has 1 atom stereocenters. The van der Waals surface area contributed by atoms with Gasteiger partial charge in [-0.15, -0.1) is 0 Å². The van der Waals surface area contributed by atoms with Crippen molar-refractivity contribution in [3.05, 3.63) is 42.4 Å². The van der Waals surface area contributed by atoms with Gasteiger partial charge < -0.3 is 24.1 Å². The van der Waals surface area contributed by atoms with E-state index in [2.05, 4.69) is 5.32 Å². The maximum absolute atomic E-state index is 12.3. The highest BCUT2D eigenvalue weighted by Gasteiger charge is 2.35. The summed E-state index contributed by atoms with van der Waals surface area (Å²) in [4.78, 5) is 26.3. The zero-order valence-corrected chi connectivity index (χ0v) is 13.6. The van der Waals surface area contributed by atoms with Gasteiger partial charge in [0.25, 0.3) is 0 Å². The van der Waals surface area contributed by atoms with Gasteiger partial charge in [-0.2, -0.15) is 0 Å². The summed E-state index contributed by atoms with van der Waals surface area (Å²) in [7, 11) is 0. The van der Waals surface area contributed by atoms with Gasteiger partial charge in [0.2, 0.25) is 11.8 Å². The Morgan fingerprint density at radius 3 is 2.84 bits per heavy atom. The molecule has 2 aromatic rings. The van der Waals surface area contributed by atoms with Crippen molar-refractivity contribution in [2.75, 3.05) is 24.7 Å². The molecule has 0 aliphatic carbocycles. The normalized spacial score (nSPS) is 19.1. The minimum atomic E-state index is -0.379. The lowest BCUT2D eigenvalue weighted by Gasteiger charge is -2.22. The van der Waals surface area contributed by atoms with Gasteiger partial charge in [-0.25, -0.2) is 0 Å². The van der Waals surface area contributed by atoms with Crippen molar-refractivity contribution in [3.63, 3.8) is 0 Å². The van der Waals surface area contributed by atoms with E-state index < -0.39 is 0 Å². The van der Waals surface area contributed by atoms with Gasteiger partial charge in [0, 0.05) is 24.7 Å². The molecule has 0 bridgehead atoms. The Labute approximate surface area is 144 Å². The zero-order valence-electron chi connectivity index (χ0n) is 13.6. The molecule has 0 radical (unpaired) electrons. The summed E-state index contributed by atoms with van der Waals surface area (Å²) in [5.41, 5.74) is 0.718. The molecular weight excluding hydrogens is 324 g/mol. The highest BCUT2D eigenvalue weighted by molar-refractivity contribution is 6.00. The molecule has 2 aliphatic heterocycles. The predicted octanol–water partition coefficient (Wildman–Crippen LogP) is 1.72. The Kier molecular flexibility index (Phi) is 4.05. The number of nitrogens with one attached hydrogen (secondary N) is 1. The summed E-state index contributed by atoms with van der Waals surface area (Å²) in [5.74, 6) is 1.38. The van der Waals surface area contributed by atoms with Gasteiger partial charge in [0.15, 0.2) is 11.5 Å². The number of carbonyl (C=O) groups excluding carboxylic acids is 2. The molecule has 25 heavy (non-hydrogen) atoms. The van der Waals surface area contributed by atoms with Crippen molar-refractivity contribution in [3.8, 4) is 11.5 Å². The Morgan fingerprint density at radius 1 is 1.20 bits per heavy atom. The molecule has 4 rings (SSSR count). The van der Waals surface area contributed by atoms with E-state index in [9.17, 15) is 9.59 Å². The van der Waals surface area contributed by atoms with Crippen LogP contribution in [-0.2, 0) is 16.1 Å². The number of fused-ring (bicyclic) bond motifs is 1. The van der Waals surface area contributed by atoms with Crippen molar-refractivity contribution in [1.82, 2.24) is 5.32 Å². The first kappa shape index (κ1) is 15.6. The number of carbonyl (C=O) groups is 2. The Bertz CT molecular complexity index is 787. The van der Waals surface area contributed by atoms with E-state index in [1.54, 1.807) is 35.4 Å². The maximum Gasteiger partial charge on any atom is 0.227 e. The molecule has 1 saturated heterocycles. The molecule has 7 heteroatoms. The standard InChI is InChI=1S/C18H18N2O5/c21-17-8-12(18(22)19-10-14-2-1-5-23-14)11-20(17)13-3-4-15-16(9-13)25-7-6-24-15/h1-5,9,12H,6-8,10-11H2,(H,19,22).